The number of aromatic carboxylic acids is 1. The van der Waals surface area contributed by atoms with E-state index < -0.39 is 33.6 Å². The number of rotatable bonds is 3. The van der Waals surface area contributed by atoms with Gasteiger partial charge in [0.2, 0.25) is 5.43 Å². The van der Waals surface area contributed by atoms with Crippen LogP contribution in [0.2, 0.25) is 5.02 Å². The van der Waals surface area contributed by atoms with E-state index >= 15 is 0 Å². The van der Waals surface area contributed by atoms with E-state index in [-0.39, 0.29) is 10.9 Å². The molecule has 4 rings (SSSR count). The van der Waals surface area contributed by atoms with E-state index in [2.05, 4.69) is 4.90 Å². The molecule has 0 amide bonds. The molecule has 29 heavy (non-hydrogen) atoms. The Morgan fingerprint density at radius 1 is 1.14 bits per heavy atom. The minimum absolute atomic E-state index is 0.0975. The number of hydrogen-bond acceptors (Lipinski definition) is 4. The molecule has 0 atom stereocenters. The summed E-state index contributed by atoms with van der Waals surface area (Å²) in [7, 11) is 0. The molecule has 6 nitrogen and oxygen atoms in total. The maximum Gasteiger partial charge on any atom is 0.341 e. The van der Waals surface area contributed by atoms with Crippen molar-refractivity contribution in [2.24, 2.45) is 0 Å². The zero-order chi connectivity index (χ0) is 20.7. The molecule has 0 unspecified atom stereocenters. The minimum atomic E-state index is -1.48. The van der Waals surface area contributed by atoms with Crippen molar-refractivity contribution in [3.05, 3.63) is 69.0 Å². The Kier molecular flexibility index (Phi) is 4.97. The number of halogens is 3. The molecule has 0 saturated carbocycles. The van der Waals surface area contributed by atoms with Crippen molar-refractivity contribution < 1.29 is 23.4 Å². The van der Waals surface area contributed by atoms with Crippen LogP contribution in [0.25, 0.3) is 16.6 Å². The predicted octanol–water partition coefficient (Wildman–Crippen LogP) is 3.46. The molecular weight excluding hydrogens is 406 g/mol. The molecule has 2 heterocycles. The fraction of sp³-hybridized carbons (Fsp3) is 0.200. The number of hydrogen-bond donors (Lipinski definition) is 1. The Balaban J connectivity index is 2.00. The molecular formula is C20H15ClF2N2O4. The highest BCUT2D eigenvalue weighted by Gasteiger charge is 2.22. The molecule has 1 N–H and O–H groups in total. The van der Waals surface area contributed by atoms with Gasteiger partial charge in [0.1, 0.15) is 10.6 Å². The SMILES string of the molecule is O=C(O)c1cn(-c2cccc(N3CCOCC3)c2)c2c(Cl)c(F)c(F)cc2c1=O. The normalized spacial score (nSPS) is 14.4. The van der Waals surface area contributed by atoms with E-state index in [4.69, 9.17) is 16.3 Å². The maximum atomic E-state index is 14.2. The number of nitrogens with zero attached hydrogens (tertiary/aromatic N) is 2. The van der Waals surface area contributed by atoms with Gasteiger partial charge in [-0.15, -0.1) is 0 Å². The number of anilines is 1. The molecule has 2 aromatic carbocycles. The third-order valence-corrected chi connectivity index (χ3v) is 5.18. The zero-order valence-corrected chi connectivity index (χ0v) is 15.7. The summed E-state index contributed by atoms with van der Waals surface area (Å²) in [6.07, 6.45) is 1.08. The molecule has 1 fully saturated rings. The highest BCUT2D eigenvalue weighted by Crippen LogP contribution is 2.30. The highest BCUT2D eigenvalue weighted by molar-refractivity contribution is 6.35. The second-order valence-electron chi connectivity index (χ2n) is 6.55. The number of morpholine rings is 1. The van der Waals surface area contributed by atoms with Crippen LogP contribution in [0.15, 0.2) is 41.3 Å². The first kappa shape index (κ1) is 19.4. The molecule has 0 aliphatic carbocycles. The molecule has 1 aliphatic rings. The lowest BCUT2D eigenvalue weighted by molar-refractivity contribution is 0.0695. The third-order valence-electron chi connectivity index (χ3n) is 4.84. The van der Waals surface area contributed by atoms with Crippen molar-refractivity contribution in [1.29, 1.82) is 0 Å². The number of aromatic nitrogens is 1. The Hall–Kier alpha value is -2.97. The first-order valence-electron chi connectivity index (χ1n) is 8.78. The van der Waals surface area contributed by atoms with Crippen molar-refractivity contribution in [1.82, 2.24) is 4.57 Å². The molecule has 0 bridgehead atoms. The van der Waals surface area contributed by atoms with Crippen LogP contribution in [0.1, 0.15) is 10.4 Å². The van der Waals surface area contributed by atoms with Crippen molar-refractivity contribution >= 4 is 34.2 Å². The molecule has 9 heteroatoms. The highest BCUT2D eigenvalue weighted by atomic mass is 35.5. The average molecular weight is 421 g/mol. The van der Waals surface area contributed by atoms with Crippen molar-refractivity contribution in [3.8, 4) is 5.69 Å². The summed E-state index contributed by atoms with van der Waals surface area (Å²) < 4.78 is 34.7. The summed E-state index contributed by atoms with van der Waals surface area (Å²) in [4.78, 5) is 26.2. The van der Waals surface area contributed by atoms with Crippen LogP contribution in [0.3, 0.4) is 0 Å². The number of pyridine rings is 1. The first-order chi connectivity index (χ1) is 13.9. The molecule has 1 aromatic heterocycles. The van der Waals surface area contributed by atoms with Gasteiger partial charge in [-0.05, 0) is 24.3 Å². The summed E-state index contributed by atoms with van der Waals surface area (Å²) in [5, 5.41) is 8.51. The van der Waals surface area contributed by atoms with Gasteiger partial charge in [0, 0.05) is 30.7 Å². The molecule has 0 spiro atoms. The first-order valence-corrected chi connectivity index (χ1v) is 9.15. The van der Waals surface area contributed by atoms with E-state index in [0.29, 0.717) is 38.1 Å². The second kappa shape index (κ2) is 7.46. The van der Waals surface area contributed by atoms with Crippen LogP contribution < -0.4 is 10.3 Å². The van der Waals surface area contributed by atoms with Gasteiger partial charge in [0.05, 0.1) is 24.1 Å². The number of carboxylic acids is 1. The molecule has 1 aliphatic heterocycles. The van der Waals surface area contributed by atoms with Crippen LogP contribution in [0.5, 0.6) is 0 Å². The Bertz CT molecular complexity index is 1190. The van der Waals surface area contributed by atoms with E-state index in [1.807, 2.05) is 6.07 Å². The lowest BCUT2D eigenvalue weighted by Gasteiger charge is -2.29. The predicted molar refractivity (Wildman–Crippen MR) is 104 cm³/mol. The summed E-state index contributed by atoms with van der Waals surface area (Å²) in [6.45, 7) is 2.50. The van der Waals surface area contributed by atoms with Crippen LogP contribution in [-0.4, -0.2) is 41.9 Å². The van der Waals surface area contributed by atoms with Gasteiger partial charge in [-0.3, -0.25) is 4.79 Å². The Labute approximate surface area is 168 Å². The van der Waals surface area contributed by atoms with Gasteiger partial charge in [-0.2, -0.15) is 0 Å². The zero-order valence-electron chi connectivity index (χ0n) is 15.0. The molecule has 1 saturated heterocycles. The smallest absolute Gasteiger partial charge is 0.341 e. The fourth-order valence-electron chi connectivity index (χ4n) is 3.41. The number of benzene rings is 2. The van der Waals surface area contributed by atoms with Gasteiger partial charge in [-0.25, -0.2) is 13.6 Å². The van der Waals surface area contributed by atoms with E-state index in [1.165, 1.54) is 4.57 Å². The van der Waals surface area contributed by atoms with E-state index in [0.717, 1.165) is 11.9 Å². The average Bonchev–Trinajstić information content (AvgIpc) is 2.73. The number of fused-ring (bicyclic) bond motifs is 1. The Morgan fingerprint density at radius 2 is 1.83 bits per heavy atom. The second-order valence-corrected chi connectivity index (χ2v) is 6.93. The summed E-state index contributed by atoms with van der Waals surface area (Å²) >= 11 is 6.03. The van der Waals surface area contributed by atoms with Crippen LogP contribution in [0.4, 0.5) is 14.5 Å². The monoisotopic (exact) mass is 420 g/mol. The molecule has 3 aromatic rings. The van der Waals surface area contributed by atoms with Crippen molar-refractivity contribution in [2.45, 2.75) is 0 Å². The number of ether oxygens (including phenoxy) is 1. The quantitative estimate of drug-likeness (QED) is 0.657. The van der Waals surface area contributed by atoms with Gasteiger partial charge in [-0.1, -0.05) is 17.7 Å². The standard InChI is InChI=1S/C20H15ClF2N2O4/c21-16-17(23)15(22)9-13-18(16)25(10-14(19(13)26)20(27)28)12-3-1-2-11(8-12)24-4-6-29-7-5-24/h1-3,8-10H,4-7H2,(H,27,28). The van der Waals surface area contributed by atoms with Crippen LogP contribution in [-0.2, 0) is 4.74 Å². The number of carbonyl (C=O) groups is 1. The van der Waals surface area contributed by atoms with E-state index in [9.17, 15) is 23.5 Å². The largest absolute Gasteiger partial charge is 0.477 e. The van der Waals surface area contributed by atoms with Crippen LogP contribution in [0, 0.1) is 11.6 Å². The third kappa shape index (κ3) is 3.34. The van der Waals surface area contributed by atoms with Gasteiger partial charge in [0.25, 0.3) is 0 Å². The lowest BCUT2D eigenvalue weighted by atomic mass is 10.1. The van der Waals surface area contributed by atoms with Crippen molar-refractivity contribution in [2.75, 3.05) is 31.2 Å². The van der Waals surface area contributed by atoms with Crippen LogP contribution >= 0.6 is 11.6 Å². The Morgan fingerprint density at radius 3 is 2.52 bits per heavy atom. The van der Waals surface area contributed by atoms with E-state index in [1.54, 1.807) is 18.2 Å². The summed E-state index contributed by atoms with van der Waals surface area (Å²) in [5.41, 5.74) is -0.312. The lowest BCUT2D eigenvalue weighted by Crippen LogP contribution is -2.36. The van der Waals surface area contributed by atoms with Gasteiger partial charge >= 0.3 is 5.97 Å². The minimum Gasteiger partial charge on any atom is -0.477 e. The number of carboxylic acid groups (broad SMARTS) is 1. The molecule has 0 radical (unpaired) electrons. The topological polar surface area (TPSA) is 71.8 Å². The maximum absolute atomic E-state index is 14.2. The van der Waals surface area contributed by atoms with Crippen molar-refractivity contribution in [3.63, 3.8) is 0 Å². The summed E-state index contributed by atoms with van der Waals surface area (Å²) in [5.74, 6) is -4.11. The van der Waals surface area contributed by atoms with Gasteiger partial charge < -0.3 is 19.3 Å². The van der Waals surface area contributed by atoms with Gasteiger partial charge in [0.15, 0.2) is 11.6 Å². The molecule has 150 valence electrons. The summed E-state index contributed by atoms with van der Waals surface area (Å²) in [6, 6.07) is 7.72. The fourth-order valence-corrected chi connectivity index (χ4v) is 3.69.